The van der Waals surface area contributed by atoms with Gasteiger partial charge in [0.2, 0.25) is 0 Å². The summed E-state index contributed by atoms with van der Waals surface area (Å²) in [6.45, 7) is 0.973. The highest BCUT2D eigenvalue weighted by Gasteiger charge is 2.17. The van der Waals surface area contributed by atoms with E-state index in [1.54, 1.807) is 0 Å². The van der Waals surface area contributed by atoms with Crippen LogP contribution in [-0.2, 0) is 19.1 Å². The van der Waals surface area contributed by atoms with Crippen LogP contribution in [0.15, 0.2) is 29.2 Å². The van der Waals surface area contributed by atoms with Crippen LogP contribution >= 0.6 is 0 Å². The molecule has 1 aromatic carbocycles. The molecular weight excluding hydrogens is 211 g/mol. The highest BCUT2D eigenvalue weighted by Crippen LogP contribution is 2.12. The van der Waals surface area contributed by atoms with Crippen molar-refractivity contribution in [2.75, 3.05) is 0 Å². The van der Waals surface area contributed by atoms with Crippen molar-refractivity contribution in [1.82, 2.24) is 0 Å². The van der Waals surface area contributed by atoms with Gasteiger partial charge in [0.1, 0.15) is 10.7 Å². The Morgan fingerprint density at radius 1 is 1.29 bits per heavy atom. The standard InChI is InChI=1S/C8H7FO4S/c1-6(10)13-14(11,12)8-4-2-7(9)3-5-8/h2-5H,1H3. The molecule has 0 bridgehead atoms. The lowest BCUT2D eigenvalue weighted by atomic mass is 10.4. The minimum absolute atomic E-state index is 0.255. The molecule has 6 heteroatoms. The SMILES string of the molecule is CC(=O)OS(=O)(=O)c1ccc(F)cc1. The van der Waals surface area contributed by atoms with Crippen LogP contribution < -0.4 is 0 Å². The van der Waals surface area contributed by atoms with Gasteiger partial charge < -0.3 is 4.18 Å². The first-order chi connectivity index (χ1) is 6.42. The quantitative estimate of drug-likeness (QED) is 0.697. The molecule has 0 fully saturated rings. The van der Waals surface area contributed by atoms with Crippen molar-refractivity contribution in [3.63, 3.8) is 0 Å². The lowest BCUT2D eigenvalue weighted by Gasteiger charge is -2.02. The van der Waals surface area contributed by atoms with Gasteiger partial charge in [0.05, 0.1) is 0 Å². The van der Waals surface area contributed by atoms with E-state index in [4.69, 9.17) is 0 Å². The van der Waals surface area contributed by atoms with Crippen LogP contribution in [0.5, 0.6) is 0 Å². The van der Waals surface area contributed by atoms with Gasteiger partial charge in [-0.3, -0.25) is 4.79 Å². The predicted octanol–water partition coefficient (Wildman–Crippen LogP) is 1.08. The summed E-state index contributed by atoms with van der Waals surface area (Å²) in [7, 11) is -4.09. The Labute approximate surface area is 80.4 Å². The molecule has 0 atom stereocenters. The van der Waals surface area contributed by atoms with Crippen molar-refractivity contribution >= 4 is 16.1 Å². The fourth-order valence-corrected chi connectivity index (χ4v) is 1.68. The Morgan fingerprint density at radius 2 is 1.79 bits per heavy atom. The number of halogens is 1. The lowest BCUT2D eigenvalue weighted by Crippen LogP contribution is -2.10. The highest BCUT2D eigenvalue weighted by molar-refractivity contribution is 7.87. The number of carbonyl (C=O) groups excluding carboxylic acids is 1. The van der Waals surface area contributed by atoms with Crippen LogP contribution in [0.25, 0.3) is 0 Å². The van der Waals surface area contributed by atoms with Gasteiger partial charge in [0.25, 0.3) is 0 Å². The average molecular weight is 218 g/mol. The second-order valence-electron chi connectivity index (χ2n) is 2.48. The Bertz CT molecular complexity index is 435. The molecule has 0 radical (unpaired) electrons. The lowest BCUT2D eigenvalue weighted by molar-refractivity contribution is -0.131. The minimum Gasteiger partial charge on any atom is -0.343 e. The molecular formula is C8H7FO4S. The van der Waals surface area contributed by atoms with E-state index in [0.29, 0.717) is 0 Å². The Balaban J connectivity index is 3.05. The number of carbonyl (C=O) groups is 1. The molecule has 0 heterocycles. The van der Waals surface area contributed by atoms with E-state index in [-0.39, 0.29) is 4.90 Å². The summed E-state index contributed by atoms with van der Waals surface area (Å²) in [4.78, 5) is 10.2. The van der Waals surface area contributed by atoms with Crippen molar-refractivity contribution in [3.05, 3.63) is 30.1 Å². The molecule has 0 aliphatic carbocycles. The normalized spacial score (nSPS) is 11.0. The molecule has 14 heavy (non-hydrogen) atoms. The monoisotopic (exact) mass is 218 g/mol. The minimum atomic E-state index is -4.09. The van der Waals surface area contributed by atoms with Crippen molar-refractivity contribution < 1.29 is 21.8 Å². The second-order valence-corrected chi connectivity index (χ2v) is 4.03. The van der Waals surface area contributed by atoms with E-state index in [1.165, 1.54) is 0 Å². The zero-order valence-corrected chi connectivity index (χ0v) is 8.05. The van der Waals surface area contributed by atoms with E-state index in [1.807, 2.05) is 0 Å². The molecule has 0 aliphatic heterocycles. The summed E-state index contributed by atoms with van der Waals surface area (Å²) in [5.74, 6) is -1.50. The topological polar surface area (TPSA) is 60.4 Å². The Kier molecular flexibility index (Phi) is 2.85. The molecule has 0 saturated carbocycles. The highest BCUT2D eigenvalue weighted by atomic mass is 32.2. The van der Waals surface area contributed by atoms with Gasteiger partial charge in [-0.15, -0.1) is 0 Å². The van der Waals surface area contributed by atoms with Crippen LogP contribution in [0.4, 0.5) is 4.39 Å². The summed E-state index contributed by atoms with van der Waals surface area (Å²) < 4.78 is 38.9. The van der Waals surface area contributed by atoms with Crippen molar-refractivity contribution in [2.24, 2.45) is 0 Å². The van der Waals surface area contributed by atoms with Gasteiger partial charge in [0.15, 0.2) is 0 Å². The van der Waals surface area contributed by atoms with Gasteiger partial charge in [-0.25, -0.2) is 4.39 Å². The summed E-state index contributed by atoms with van der Waals surface area (Å²) in [6.07, 6.45) is 0. The van der Waals surface area contributed by atoms with E-state index < -0.39 is 21.9 Å². The smallest absolute Gasteiger partial charge is 0.341 e. The fourth-order valence-electron chi connectivity index (χ4n) is 0.804. The van der Waals surface area contributed by atoms with E-state index >= 15 is 0 Å². The molecule has 0 aromatic heterocycles. The molecule has 0 saturated heterocycles. The summed E-state index contributed by atoms with van der Waals surface area (Å²) in [5.41, 5.74) is 0. The van der Waals surface area contributed by atoms with Gasteiger partial charge in [-0.05, 0) is 24.3 Å². The number of hydrogen-bond donors (Lipinski definition) is 0. The van der Waals surface area contributed by atoms with E-state index in [2.05, 4.69) is 4.18 Å². The summed E-state index contributed by atoms with van der Waals surface area (Å²) >= 11 is 0. The number of benzene rings is 1. The maximum atomic E-state index is 12.4. The van der Waals surface area contributed by atoms with Gasteiger partial charge in [0, 0.05) is 6.92 Å². The van der Waals surface area contributed by atoms with Gasteiger partial charge in [-0.2, -0.15) is 8.42 Å². The van der Waals surface area contributed by atoms with Gasteiger partial charge >= 0.3 is 16.1 Å². The van der Waals surface area contributed by atoms with Crippen LogP contribution in [0, 0.1) is 5.82 Å². The Morgan fingerprint density at radius 3 is 2.21 bits per heavy atom. The number of rotatable bonds is 2. The zero-order valence-electron chi connectivity index (χ0n) is 7.23. The molecule has 1 rings (SSSR count). The molecule has 0 amide bonds. The molecule has 0 N–H and O–H groups in total. The summed E-state index contributed by atoms with van der Waals surface area (Å²) in [5, 5.41) is 0. The van der Waals surface area contributed by atoms with Crippen LogP contribution in [0.3, 0.4) is 0 Å². The Hall–Kier alpha value is -1.43. The molecule has 0 aliphatic rings. The third kappa shape index (κ3) is 2.53. The largest absolute Gasteiger partial charge is 0.343 e. The molecule has 4 nitrogen and oxygen atoms in total. The van der Waals surface area contributed by atoms with Crippen molar-refractivity contribution in [1.29, 1.82) is 0 Å². The third-order valence-corrected chi connectivity index (χ3v) is 2.63. The molecule has 0 spiro atoms. The maximum Gasteiger partial charge on any atom is 0.341 e. The van der Waals surface area contributed by atoms with Crippen molar-refractivity contribution in [2.45, 2.75) is 11.8 Å². The van der Waals surface area contributed by atoms with E-state index in [9.17, 15) is 17.6 Å². The second kappa shape index (κ2) is 3.75. The number of hydrogen-bond acceptors (Lipinski definition) is 4. The molecule has 0 unspecified atom stereocenters. The molecule has 76 valence electrons. The fraction of sp³-hybridized carbons (Fsp3) is 0.125. The van der Waals surface area contributed by atoms with Crippen LogP contribution in [0.2, 0.25) is 0 Å². The zero-order chi connectivity index (χ0) is 10.8. The van der Waals surface area contributed by atoms with Crippen LogP contribution in [0.1, 0.15) is 6.92 Å². The maximum absolute atomic E-state index is 12.4. The average Bonchev–Trinajstić information content (AvgIpc) is 2.02. The molecule has 1 aromatic rings. The first-order valence-electron chi connectivity index (χ1n) is 3.62. The van der Waals surface area contributed by atoms with Crippen molar-refractivity contribution in [3.8, 4) is 0 Å². The summed E-state index contributed by atoms with van der Waals surface area (Å²) in [6, 6.07) is 3.98. The third-order valence-electron chi connectivity index (χ3n) is 1.33. The first-order valence-corrected chi connectivity index (χ1v) is 5.03. The van der Waals surface area contributed by atoms with E-state index in [0.717, 1.165) is 31.2 Å². The van der Waals surface area contributed by atoms with Crippen LogP contribution in [-0.4, -0.2) is 14.4 Å². The van der Waals surface area contributed by atoms with Gasteiger partial charge in [-0.1, -0.05) is 0 Å². The first kappa shape index (κ1) is 10.6. The predicted molar refractivity (Wildman–Crippen MR) is 45.4 cm³/mol.